The van der Waals surface area contributed by atoms with Crippen LogP contribution in [0.5, 0.6) is 0 Å². The van der Waals surface area contributed by atoms with Gasteiger partial charge in [-0.3, -0.25) is 4.79 Å². The van der Waals surface area contributed by atoms with Crippen molar-refractivity contribution in [1.29, 1.82) is 0 Å². The summed E-state index contributed by atoms with van der Waals surface area (Å²) in [6.45, 7) is 9.06. The third-order valence-electron chi connectivity index (χ3n) is 6.79. The molecular formula is C26H35N3O3S. The van der Waals surface area contributed by atoms with Crippen LogP contribution >= 0.6 is 0 Å². The summed E-state index contributed by atoms with van der Waals surface area (Å²) in [7, 11) is -3.56. The van der Waals surface area contributed by atoms with Crippen LogP contribution in [0.3, 0.4) is 0 Å². The van der Waals surface area contributed by atoms with E-state index >= 15 is 0 Å². The Balaban J connectivity index is 1.38. The standard InChI is InChI=1S/C26H35N3O3S/c1-26(2,3)21-10-12-22(13-11-21)33(31,32)29-18-14-20(15-19-29)25(30)27-23-8-4-5-9-24(23)28-16-6-7-17-28/h4-5,8-13,20H,6-7,14-19H2,1-3H3,(H,27,30). The fraction of sp³-hybridized carbons (Fsp3) is 0.500. The highest BCUT2D eigenvalue weighted by molar-refractivity contribution is 7.89. The molecule has 0 radical (unpaired) electrons. The molecular weight excluding hydrogens is 434 g/mol. The summed E-state index contributed by atoms with van der Waals surface area (Å²) in [6.07, 6.45) is 3.40. The molecule has 178 valence electrons. The van der Waals surface area contributed by atoms with E-state index in [0.717, 1.165) is 30.0 Å². The van der Waals surface area contributed by atoms with Gasteiger partial charge in [0.1, 0.15) is 0 Å². The molecule has 0 unspecified atom stereocenters. The number of carbonyl (C=O) groups excluding carboxylic acids is 1. The SMILES string of the molecule is CC(C)(C)c1ccc(S(=O)(=O)N2CCC(C(=O)Nc3ccccc3N3CCCC3)CC2)cc1. The molecule has 2 aliphatic heterocycles. The number of amides is 1. The lowest BCUT2D eigenvalue weighted by Gasteiger charge is -2.31. The number of rotatable bonds is 5. The molecule has 0 atom stereocenters. The van der Waals surface area contributed by atoms with Crippen molar-refractivity contribution >= 4 is 27.3 Å². The lowest BCUT2D eigenvalue weighted by atomic mass is 9.87. The minimum Gasteiger partial charge on any atom is -0.370 e. The van der Waals surface area contributed by atoms with Gasteiger partial charge in [0.2, 0.25) is 15.9 Å². The quantitative estimate of drug-likeness (QED) is 0.694. The molecule has 1 amide bonds. The van der Waals surface area contributed by atoms with E-state index in [4.69, 9.17) is 0 Å². The Bertz CT molecular complexity index is 1080. The molecule has 2 heterocycles. The van der Waals surface area contributed by atoms with E-state index in [1.807, 2.05) is 30.3 Å². The molecule has 2 saturated heterocycles. The topological polar surface area (TPSA) is 69.7 Å². The Morgan fingerprint density at radius 2 is 1.52 bits per heavy atom. The highest BCUT2D eigenvalue weighted by Crippen LogP contribution is 2.31. The van der Waals surface area contributed by atoms with Crippen molar-refractivity contribution in [2.75, 3.05) is 36.4 Å². The first-order valence-electron chi connectivity index (χ1n) is 11.9. The van der Waals surface area contributed by atoms with Crippen LogP contribution in [0, 0.1) is 5.92 Å². The second-order valence-electron chi connectivity index (χ2n) is 10.2. The Hall–Kier alpha value is -2.38. The van der Waals surface area contributed by atoms with Gasteiger partial charge in [-0.1, -0.05) is 45.0 Å². The molecule has 7 heteroatoms. The monoisotopic (exact) mass is 469 g/mol. The normalized spacial score (nSPS) is 18.5. The van der Waals surface area contributed by atoms with Crippen molar-refractivity contribution in [1.82, 2.24) is 4.31 Å². The van der Waals surface area contributed by atoms with Crippen LogP contribution in [0.25, 0.3) is 0 Å². The van der Waals surface area contributed by atoms with Crippen LogP contribution < -0.4 is 10.2 Å². The first-order chi connectivity index (χ1) is 15.7. The van der Waals surface area contributed by atoms with Gasteiger partial charge in [-0.15, -0.1) is 0 Å². The van der Waals surface area contributed by atoms with Gasteiger partial charge < -0.3 is 10.2 Å². The molecule has 0 saturated carbocycles. The number of nitrogens with one attached hydrogen (secondary N) is 1. The Morgan fingerprint density at radius 1 is 0.909 bits per heavy atom. The molecule has 0 bridgehead atoms. The number of sulfonamides is 1. The van der Waals surface area contributed by atoms with Gasteiger partial charge >= 0.3 is 0 Å². The zero-order chi connectivity index (χ0) is 23.6. The lowest BCUT2D eigenvalue weighted by molar-refractivity contribution is -0.120. The smallest absolute Gasteiger partial charge is 0.243 e. The highest BCUT2D eigenvalue weighted by atomic mass is 32.2. The second kappa shape index (κ2) is 9.47. The number of benzene rings is 2. The molecule has 33 heavy (non-hydrogen) atoms. The summed E-state index contributed by atoms with van der Waals surface area (Å²) in [5.41, 5.74) is 2.99. The van der Waals surface area contributed by atoms with Crippen LogP contribution in [0.1, 0.15) is 52.0 Å². The summed E-state index contributed by atoms with van der Waals surface area (Å²) >= 11 is 0. The number of carbonyl (C=O) groups is 1. The van der Waals surface area contributed by atoms with Crippen molar-refractivity contribution < 1.29 is 13.2 Å². The molecule has 2 aromatic carbocycles. The number of anilines is 2. The summed E-state index contributed by atoms with van der Waals surface area (Å²) in [5, 5.41) is 3.11. The molecule has 6 nitrogen and oxygen atoms in total. The van der Waals surface area contributed by atoms with Crippen molar-refractivity contribution in [3.63, 3.8) is 0 Å². The summed E-state index contributed by atoms with van der Waals surface area (Å²) in [4.78, 5) is 15.6. The zero-order valence-corrected chi connectivity index (χ0v) is 20.7. The van der Waals surface area contributed by atoms with Gasteiger partial charge in [-0.05, 0) is 60.9 Å². The predicted octanol–water partition coefficient (Wildman–Crippen LogP) is 4.62. The number of para-hydroxylation sites is 2. The van der Waals surface area contributed by atoms with Crippen molar-refractivity contribution in [3.8, 4) is 0 Å². The van der Waals surface area contributed by atoms with Gasteiger partial charge in [-0.25, -0.2) is 8.42 Å². The maximum atomic E-state index is 13.1. The average Bonchev–Trinajstić information content (AvgIpc) is 3.34. The van der Waals surface area contributed by atoms with Crippen LogP contribution in [0.4, 0.5) is 11.4 Å². The summed E-state index contributed by atoms with van der Waals surface area (Å²) in [6, 6.07) is 15.1. The zero-order valence-electron chi connectivity index (χ0n) is 19.9. The first-order valence-corrected chi connectivity index (χ1v) is 13.4. The van der Waals surface area contributed by atoms with E-state index in [-0.39, 0.29) is 17.2 Å². The Morgan fingerprint density at radius 3 is 2.12 bits per heavy atom. The maximum absolute atomic E-state index is 13.1. The third kappa shape index (κ3) is 5.25. The number of nitrogens with zero attached hydrogens (tertiary/aromatic N) is 2. The summed E-state index contributed by atoms with van der Waals surface area (Å²) < 4.78 is 27.8. The molecule has 2 aromatic rings. The van der Waals surface area contributed by atoms with E-state index in [2.05, 4.69) is 37.1 Å². The van der Waals surface area contributed by atoms with E-state index in [9.17, 15) is 13.2 Å². The molecule has 0 aromatic heterocycles. The van der Waals surface area contributed by atoms with E-state index in [1.165, 1.54) is 17.1 Å². The van der Waals surface area contributed by atoms with Gasteiger partial charge in [-0.2, -0.15) is 4.31 Å². The van der Waals surface area contributed by atoms with Gasteiger partial charge in [0.15, 0.2) is 0 Å². The fourth-order valence-electron chi connectivity index (χ4n) is 4.68. The minimum absolute atomic E-state index is 0.0202. The van der Waals surface area contributed by atoms with Crippen molar-refractivity contribution in [2.45, 2.75) is 56.8 Å². The molecule has 2 aliphatic rings. The average molecular weight is 470 g/mol. The highest BCUT2D eigenvalue weighted by Gasteiger charge is 2.32. The summed E-state index contributed by atoms with van der Waals surface area (Å²) in [5.74, 6) is -0.209. The number of hydrogen-bond acceptors (Lipinski definition) is 4. The Kier molecular flexibility index (Phi) is 6.82. The van der Waals surface area contributed by atoms with Crippen molar-refractivity contribution in [3.05, 3.63) is 54.1 Å². The minimum atomic E-state index is -3.56. The molecule has 1 N–H and O–H groups in total. The molecule has 4 rings (SSSR count). The largest absolute Gasteiger partial charge is 0.370 e. The number of hydrogen-bond donors (Lipinski definition) is 1. The third-order valence-corrected chi connectivity index (χ3v) is 8.70. The number of piperidine rings is 1. The van der Waals surface area contributed by atoms with E-state index in [1.54, 1.807) is 12.1 Å². The van der Waals surface area contributed by atoms with Crippen LogP contribution in [0.2, 0.25) is 0 Å². The molecule has 2 fully saturated rings. The van der Waals surface area contributed by atoms with Gasteiger partial charge in [0, 0.05) is 32.1 Å². The van der Waals surface area contributed by atoms with Crippen LogP contribution in [0.15, 0.2) is 53.4 Å². The second-order valence-corrected chi connectivity index (χ2v) is 12.1. The van der Waals surface area contributed by atoms with Crippen LogP contribution in [-0.2, 0) is 20.2 Å². The fourth-order valence-corrected chi connectivity index (χ4v) is 6.15. The maximum Gasteiger partial charge on any atom is 0.243 e. The van der Waals surface area contributed by atoms with Crippen molar-refractivity contribution in [2.24, 2.45) is 5.92 Å². The molecule has 0 spiro atoms. The van der Waals surface area contributed by atoms with E-state index < -0.39 is 10.0 Å². The Labute approximate surface area is 198 Å². The van der Waals surface area contributed by atoms with Crippen LogP contribution in [-0.4, -0.2) is 44.8 Å². The first kappa shape index (κ1) is 23.8. The van der Waals surface area contributed by atoms with E-state index in [0.29, 0.717) is 30.8 Å². The lowest BCUT2D eigenvalue weighted by Crippen LogP contribution is -2.41. The van der Waals surface area contributed by atoms with Gasteiger partial charge in [0.05, 0.1) is 16.3 Å². The predicted molar refractivity (Wildman–Crippen MR) is 133 cm³/mol. The molecule has 0 aliphatic carbocycles. The van der Waals surface area contributed by atoms with Gasteiger partial charge in [0.25, 0.3) is 0 Å².